The number of ketones is 1. The summed E-state index contributed by atoms with van der Waals surface area (Å²) in [7, 11) is 0. The molecule has 160 valence electrons. The van der Waals surface area contributed by atoms with Crippen molar-refractivity contribution in [2.24, 2.45) is 0 Å². The molecular weight excluding hydrogens is 388 g/mol. The van der Waals surface area contributed by atoms with Gasteiger partial charge in [0.1, 0.15) is 5.69 Å². The number of carbonyl (C=O) groups is 4. The predicted octanol–water partition coefficient (Wildman–Crippen LogP) is 3.58. The van der Waals surface area contributed by atoms with Gasteiger partial charge in [0, 0.05) is 11.3 Å². The minimum atomic E-state index is -1.13. The van der Waals surface area contributed by atoms with Gasteiger partial charge in [0.05, 0.1) is 17.4 Å². The average molecular weight is 414 g/mol. The van der Waals surface area contributed by atoms with Crippen LogP contribution in [0.4, 0.5) is 5.69 Å². The second kappa shape index (κ2) is 9.39. The van der Waals surface area contributed by atoms with Crippen LogP contribution in [0.5, 0.6) is 0 Å². The molecule has 30 heavy (non-hydrogen) atoms. The lowest BCUT2D eigenvalue weighted by Crippen LogP contribution is -2.30. The molecule has 0 radical (unpaired) electrons. The van der Waals surface area contributed by atoms with E-state index in [4.69, 9.17) is 9.47 Å². The molecule has 0 saturated carbocycles. The van der Waals surface area contributed by atoms with Gasteiger partial charge in [-0.3, -0.25) is 9.59 Å². The molecule has 8 nitrogen and oxygen atoms in total. The molecule has 0 spiro atoms. The average Bonchev–Trinajstić information content (AvgIpc) is 2.95. The molecule has 0 fully saturated rings. The summed E-state index contributed by atoms with van der Waals surface area (Å²) in [6.07, 6.45) is -1.44. The Morgan fingerprint density at radius 3 is 2.20 bits per heavy atom. The number of rotatable bonds is 7. The molecule has 1 heterocycles. The number of amides is 1. The number of aryl methyl sites for hydroxylation is 1. The van der Waals surface area contributed by atoms with Gasteiger partial charge >= 0.3 is 11.9 Å². The zero-order chi connectivity index (χ0) is 22.6. The number of Topliss-reactive ketones (excluding diaryl/α,β-unsaturated/α-hetero) is 1. The van der Waals surface area contributed by atoms with Crippen LogP contribution in [0.15, 0.2) is 24.3 Å². The van der Waals surface area contributed by atoms with Crippen molar-refractivity contribution in [2.45, 2.75) is 53.8 Å². The van der Waals surface area contributed by atoms with Gasteiger partial charge in [-0.15, -0.1) is 0 Å². The fourth-order valence-corrected chi connectivity index (χ4v) is 2.94. The minimum Gasteiger partial charge on any atom is -0.459 e. The molecule has 0 aliphatic carbocycles. The van der Waals surface area contributed by atoms with Gasteiger partial charge < -0.3 is 19.8 Å². The predicted molar refractivity (Wildman–Crippen MR) is 111 cm³/mol. The molecule has 2 aromatic rings. The third kappa shape index (κ3) is 5.14. The fraction of sp³-hybridized carbons (Fsp3) is 0.364. The van der Waals surface area contributed by atoms with E-state index in [0.717, 1.165) is 0 Å². The molecule has 0 aliphatic rings. The van der Waals surface area contributed by atoms with E-state index in [1.54, 1.807) is 52.0 Å². The summed E-state index contributed by atoms with van der Waals surface area (Å²) >= 11 is 0. The van der Waals surface area contributed by atoms with Crippen LogP contribution < -0.4 is 5.32 Å². The number of H-pyrrole nitrogens is 1. The zero-order valence-electron chi connectivity index (χ0n) is 17.9. The molecule has 1 aromatic carbocycles. The van der Waals surface area contributed by atoms with E-state index in [1.807, 2.05) is 0 Å². The number of nitrogens with one attached hydrogen (secondary N) is 2. The number of hydrogen-bond donors (Lipinski definition) is 2. The van der Waals surface area contributed by atoms with Gasteiger partial charge in [0.2, 0.25) is 0 Å². The first kappa shape index (κ1) is 22.9. The lowest BCUT2D eigenvalue weighted by Gasteiger charge is -2.15. The fourth-order valence-electron chi connectivity index (χ4n) is 2.94. The van der Waals surface area contributed by atoms with Gasteiger partial charge in [-0.2, -0.15) is 0 Å². The number of aromatic nitrogens is 1. The van der Waals surface area contributed by atoms with Gasteiger partial charge in [0.25, 0.3) is 5.91 Å². The molecule has 0 saturated heterocycles. The van der Waals surface area contributed by atoms with Gasteiger partial charge in [-0.05, 0) is 59.2 Å². The number of carbonyl (C=O) groups excluding carboxylic acids is 4. The SMILES string of the molecule is CC(=O)c1ccccc1NC(=O)[C@H](C)OC(=O)c1[nH]c(C)c(C(=O)OC(C)C)c1C. The van der Waals surface area contributed by atoms with E-state index in [0.29, 0.717) is 22.5 Å². The van der Waals surface area contributed by atoms with Gasteiger partial charge in [0.15, 0.2) is 11.9 Å². The van der Waals surface area contributed by atoms with Gasteiger partial charge in [-0.1, -0.05) is 12.1 Å². The maximum atomic E-state index is 12.6. The van der Waals surface area contributed by atoms with Crippen molar-refractivity contribution in [1.29, 1.82) is 0 Å². The van der Waals surface area contributed by atoms with E-state index in [-0.39, 0.29) is 23.1 Å². The van der Waals surface area contributed by atoms with Crippen molar-refractivity contribution in [1.82, 2.24) is 4.98 Å². The largest absolute Gasteiger partial charge is 0.459 e. The zero-order valence-corrected chi connectivity index (χ0v) is 17.9. The van der Waals surface area contributed by atoms with E-state index < -0.39 is 23.9 Å². The van der Waals surface area contributed by atoms with Crippen molar-refractivity contribution in [3.8, 4) is 0 Å². The minimum absolute atomic E-state index is 0.0759. The first-order chi connectivity index (χ1) is 14.0. The highest BCUT2D eigenvalue weighted by Crippen LogP contribution is 2.21. The van der Waals surface area contributed by atoms with Crippen LogP contribution in [0.25, 0.3) is 0 Å². The van der Waals surface area contributed by atoms with Crippen molar-refractivity contribution in [2.75, 3.05) is 5.32 Å². The normalized spacial score (nSPS) is 11.7. The van der Waals surface area contributed by atoms with Crippen LogP contribution in [-0.2, 0) is 14.3 Å². The summed E-state index contributed by atoms with van der Waals surface area (Å²) in [5, 5.41) is 2.60. The number of para-hydroxylation sites is 1. The van der Waals surface area contributed by atoms with Crippen molar-refractivity contribution in [3.05, 3.63) is 52.3 Å². The molecule has 0 unspecified atom stereocenters. The number of aromatic amines is 1. The van der Waals surface area contributed by atoms with Crippen LogP contribution in [0.1, 0.15) is 70.2 Å². The number of hydrogen-bond acceptors (Lipinski definition) is 6. The Morgan fingerprint density at radius 1 is 0.967 bits per heavy atom. The number of anilines is 1. The third-order valence-electron chi connectivity index (χ3n) is 4.41. The standard InChI is InChI=1S/C22H26N2O6/c1-11(2)29-21(27)18-12(3)19(23-13(18)4)22(28)30-15(6)20(26)24-17-10-8-7-9-16(17)14(5)25/h7-11,15,23H,1-6H3,(H,24,26)/t15-/m0/s1. The first-order valence-corrected chi connectivity index (χ1v) is 9.54. The number of ether oxygens (including phenoxy) is 2. The van der Waals surface area contributed by atoms with Crippen molar-refractivity contribution in [3.63, 3.8) is 0 Å². The van der Waals surface area contributed by atoms with E-state index in [2.05, 4.69) is 10.3 Å². The van der Waals surface area contributed by atoms with Crippen LogP contribution in [0, 0.1) is 13.8 Å². The lowest BCUT2D eigenvalue weighted by atomic mass is 10.1. The maximum Gasteiger partial charge on any atom is 0.355 e. The molecule has 8 heteroatoms. The molecule has 1 atom stereocenters. The Hall–Kier alpha value is -3.42. The molecule has 1 amide bonds. The summed E-state index contributed by atoms with van der Waals surface area (Å²) in [5.41, 5.74) is 1.89. The quantitative estimate of drug-likeness (QED) is 0.529. The van der Waals surface area contributed by atoms with Crippen LogP contribution in [0.3, 0.4) is 0 Å². The highest BCUT2D eigenvalue weighted by molar-refractivity contribution is 6.05. The smallest absolute Gasteiger partial charge is 0.355 e. The molecule has 2 rings (SSSR count). The summed E-state index contributed by atoms with van der Waals surface area (Å²) in [6, 6.07) is 6.56. The number of esters is 2. The Morgan fingerprint density at radius 2 is 1.60 bits per heavy atom. The summed E-state index contributed by atoms with van der Waals surface area (Å²) < 4.78 is 10.5. The van der Waals surface area contributed by atoms with E-state index in [1.165, 1.54) is 13.8 Å². The van der Waals surface area contributed by atoms with Crippen LogP contribution in [-0.4, -0.2) is 40.8 Å². The molecule has 0 bridgehead atoms. The third-order valence-corrected chi connectivity index (χ3v) is 4.41. The highest BCUT2D eigenvalue weighted by Gasteiger charge is 2.27. The Kier molecular flexibility index (Phi) is 7.15. The molecule has 1 aromatic heterocycles. The van der Waals surface area contributed by atoms with E-state index >= 15 is 0 Å². The summed E-state index contributed by atoms with van der Waals surface area (Å²) in [4.78, 5) is 51.8. The van der Waals surface area contributed by atoms with Crippen molar-refractivity contribution < 1.29 is 28.7 Å². The van der Waals surface area contributed by atoms with Gasteiger partial charge in [-0.25, -0.2) is 9.59 Å². The van der Waals surface area contributed by atoms with Crippen LogP contribution in [0.2, 0.25) is 0 Å². The first-order valence-electron chi connectivity index (χ1n) is 9.54. The topological polar surface area (TPSA) is 115 Å². The Labute approximate surface area is 175 Å². The van der Waals surface area contributed by atoms with E-state index in [9.17, 15) is 19.2 Å². The molecular formula is C22H26N2O6. The number of benzene rings is 1. The Balaban J connectivity index is 2.14. The molecule has 0 aliphatic heterocycles. The maximum absolute atomic E-state index is 12.6. The van der Waals surface area contributed by atoms with Crippen LogP contribution >= 0.6 is 0 Å². The monoisotopic (exact) mass is 414 g/mol. The summed E-state index contributed by atoms with van der Waals surface area (Å²) in [6.45, 7) is 9.53. The van der Waals surface area contributed by atoms with Crippen molar-refractivity contribution >= 4 is 29.3 Å². The molecule has 2 N–H and O–H groups in total. The lowest BCUT2D eigenvalue weighted by molar-refractivity contribution is -0.123. The highest BCUT2D eigenvalue weighted by atomic mass is 16.6. The second-order valence-corrected chi connectivity index (χ2v) is 7.22. The second-order valence-electron chi connectivity index (χ2n) is 7.22. The summed E-state index contributed by atoms with van der Waals surface area (Å²) in [5.74, 6) is -2.10. The Bertz CT molecular complexity index is 990.